The van der Waals surface area contributed by atoms with E-state index in [9.17, 15) is 4.79 Å². The second-order valence-corrected chi connectivity index (χ2v) is 8.71. The van der Waals surface area contributed by atoms with Gasteiger partial charge in [0.1, 0.15) is 0 Å². The first-order valence-electron chi connectivity index (χ1n) is 10.4. The van der Waals surface area contributed by atoms with Crippen molar-refractivity contribution in [1.82, 2.24) is 10.2 Å². The van der Waals surface area contributed by atoms with Crippen molar-refractivity contribution in [2.45, 2.75) is 70.3 Å². The quantitative estimate of drug-likeness (QED) is 0.824. The zero-order valence-corrected chi connectivity index (χ0v) is 16.3. The summed E-state index contributed by atoms with van der Waals surface area (Å²) in [4.78, 5) is 15.4. The van der Waals surface area contributed by atoms with Crippen LogP contribution in [0.2, 0.25) is 0 Å². The monoisotopic (exact) mass is 370 g/mol. The van der Waals surface area contributed by atoms with Gasteiger partial charge >= 0.3 is 0 Å². The fraction of sp³-hybridized carbons (Fsp3) is 0.950. The Hall–Kier alpha value is -0.320. The summed E-state index contributed by atoms with van der Waals surface area (Å²) in [7, 11) is 0. The third-order valence-electron chi connectivity index (χ3n) is 7.24. The van der Waals surface area contributed by atoms with Gasteiger partial charge in [-0.2, -0.15) is 0 Å². The van der Waals surface area contributed by atoms with Crippen molar-refractivity contribution in [3.8, 4) is 0 Å². The molecule has 0 aromatic carbocycles. The number of amides is 1. The standard InChI is InChI=1S/C20H34N2O2.ClH/c23-19(20-10-4-3-7-17(20)13-21-15-20)22-11-8-18(9-12-22)24-14-16-5-1-2-6-16;/h16-18,21H,1-15H2;1H/t17-,20+;/m0./s1. The molecule has 0 aromatic heterocycles. The number of halogens is 1. The number of rotatable bonds is 4. The maximum absolute atomic E-state index is 13.3. The van der Waals surface area contributed by atoms with Crippen LogP contribution in [-0.2, 0) is 9.53 Å². The lowest BCUT2D eigenvalue weighted by molar-refractivity contribution is -0.148. The minimum absolute atomic E-state index is 0. The molecule has 144 valence electrons. The Kier molecular flexibility index (Phi) is 6.67. The van der Waals surface area contributed by atoms with Gasteiger partial charge in [0.05, 0.1) is 11.5 Å². The highest BCUT2D eigenvalue weighted by atomic mass is 35.5. The molecule has 4 aliphatic rings. The van der Waals surface area contributed by atoms with Crippen LogP contribution in [0.4, 0.5) is 0 Å². The molecule has 4 fully saturated rings. The van der Waals surface area contributed by atoms with E-state index in [-0.39, 0.29) is 17.8 Å². The van der Waals surface area contributed by atoms with Gasteiger partial charge in [-0.15, -0.1) is 12.4 Å². The smallest absolute Gasteiger partial charge is 0.230 e. The highest BCUT2D eigenvalue weighted by Gasteiger charge is 2.51. The molecule has 1 amide bonds. The van der Waals surface area contributed by atoms with E-state index in [1.54, 1.807) is 0 Å². The van der Waals surface area contributed by atoms with Gasteiger partial charge in [0.25, 0.3) is 0 Å². The van der Waals surface area contributed by atoms with E-state index in [2.05, 4.69) is 10.2 Å². The molecule has 0 aromatic rings. The number of piperidine rings is 1. The summed E-state index contributed by atoms with van der Waals surface area (Å²) in [6.07, 6.45) is 12.8. The molecule has 0 bridgehead atoms. The molecular weight excluding hydrogens is 336 g/mol. The summed E-state index contributed by atoms with van der Waals surface area (Å²) in [5.41, 5.74) is -0.0736. The van der Waals surface area contributed by atoms with E-state index in [1.165, 1.54) is 44.9 Å². The van der Waals surface area contributed by atoms with Crippen LogP contribution in [0, 0.1) is 17.3 Å². The average molecular weight is 371 g/mol. The zero-order valence-electron chi connectivity index (χ0n) is 15.5. The molecule has 2 aliphatic heterocycles. The van der Waals surface area contributed by atoms with Gasteiger partial charge in [-0.1, -0.05) is 25.7 Å². The van der Waals surface area contributed by atoms with Crippen LogP contribution < -0.4 is 5.32 Å². The van der Waals surface area contributed by atoms with Crippen molar-refractivity contribution in [1.29, 1.82) is 0 Å². The first kappa shape index (κ1) is 19.4. The molecule has 5 heteroatoms. The summed E-state index contributed by atoms with van der Waals surface area (Å²) in [5, 5.41) is 3.51. The molecule has 2 saturated heterocycles. The van der Waals surface area contributed by atoms with Gasteiger partial charge in [0, 0.05) is 26.2 Å². The Morgan fingerprint density at radius 1 is 1.04 bits per heavy atom. The fourth-order valence-corrected chi connectivity index (χ4v) is 5.66. The molecule has 0 radical (unpaired) electrons. The van der Waals surface area contributed by atoms with E-state index < -0.39 is 0 Å². The number of hydrogen-bond acceptors (Lipinski definition) is 3. The third-order valence-corrected chi connectivity index (χ3v) is 7.24. The number of fused-ring (bicyclic) bond motifs is 1. The first-order valence-corrected chi connectivity index (χ1v) is 10.4. The van der Waals surface area contributed by atoms with Gasteiger partial charge in [-0.25, -0.2) is 0 Å². The van der Waals surface area contributed by atoms with Crippen molar-refractivity contribution in [2.75, 3.05) is 32.8 Å². The molecule has 0 spiro atoms. The van der Waals surface area contributed by atoms with Crippen LogP contribution in [0.15, 0.2) is 0 Å². The van der Waals surface area contributed by atoms with Crippen LogP contribution in [0.3, 0.4) is 0 Å². The maximum atomic E-state index is 13.3. The lowest BCUT2D eigenvalue weighted by Gasteiger charge is -2.43. The van der Waals surface area contributed by atoms with E-state index in [0.29, 0.717) is 17.9 Å². The average Bonchev–Trinajstić information content (AvgIpc) is 3.29. The Morgan fingerprint density at radius 3 is 2.52 bits per heavy atom. The summed E-state index contributed by atoms with van der Waals surface area (Å²) < 4.78 is 6.18. The molecule has 1 N–H and O–H groups in total. The van der Waals surface area contributed by atoms with Crippen LogP contribution in [-0.4, -0.2) is 49.7 Å². The summed E-state index contributed by atoms with van der Waals surface area (Å²) in [5.74, 6) is 1.83. The van der Waals surface area contributed by atoms with Crippen molar-refractivity contribution in [3.05, 3.63) is 0 Å². The van der Waals surface area contributed by atoms with Crippen molar-refractivity contribution in [2.24, 2.45) is 17.3 Å². The zero-order chi connectivity index (χ0) is 16.4. The Balaban J connectivity index is 0.00000182. The van der Waals surface area contributed by atoms with Gasteiger partial charge < -0.3 is 15.0 Å². The summed E-state index contributed by atoms with van der Waals surface area (Å²) >= 11 is 0. The molecule has 2 heterocycles. The Morgan fingerprint density at radius 2 is 1.76 bits per heavy atom. The minimum atomic E-state index is -0.0736. The van der Waals surface area contributed by atoms with Gasteiger partial charge in [-0.05, 0) is 56.9 Å². The van der Waals surface area contributed by atoms with Crippen molar-refractivity contribution in [3.63, 3.8) is 0 Å². The second kappa shape index (κ2) is 8.58. The van der Waals surface area contributed by atoms with Gasteiger partial charge in [0.2, 0.25) is 5.91 Å². The third kappa shape index (κ3) is 4.01. The second-order valence-electron chi connectivity index (χ2n) is 8.71. The summed E-state index contributed by atoms with van der Waals surface area (Å²) in [6, 6.07) is 0. The SMILES string of the molecule is Cl.O=C(N1CCC(OCC2CCCC2)CC1)[C@@]12CCCC[C@H]1CNC2. The highest BCUT2D eigenvalue weighted by molar-refractivity contribution is 5.85. The fourth-order valence-electron chi connectivity index (χ4n) is 5.66. The summed E-state index contributed by atoms with van der Waals surface area (Å²) in [6.45, 7) is 4.72. The van der Waals surface area contributed by atoms with Crippen molar-refractivity contribution >= 4 is 18.3 Å². The Labute approximate surface area is 158 Å². The van der Waals surface area contributed by atoms with Crippen LogP contribution >= 0.6 is 12.4 Å². The first-order chi connectivity index (χ1) is 11.8. The lowest BCUT2D eigenvalue weighted by Crippen LogP contribution is -2.52. The number of likely N-dealkylation sites (tertiary alicyclic amines) is 1. The molecule has 0 unspecified atom stereocenters. The number of nitrogens with zero attached hydrogens (tertiary/aromatic N) is 1. The van der Waals surface area contributed by atoms with E-state index in [1.807, 2.05) is 0 Å². The normalized spacial score (nSPS) is 33.9. The van der Waals surface area contributed by atoms with E-state index in [0.717, 1.165) is 58.0 Å². The number of carbonyl (C=O) groups excluding carboxylic acids is 1. The number of hydrogen-bond donors (Lipinski definition) is 1. The van der Waals surface area contributed by atoms with Crippen LogP contribution in [0.1, 0.15) is 64.2 Å². The molecule has 2 aliphatic carbocycles. The minimum Gasteiger partial charge on any atom is -0.378 e. The highest BCUT2D eigenvalue weighted by Crippen LogP contribution is 2.45. The number of carbonyl (C=O) groups is 1. The van der Waals surface area contributed by atoms with Gasteiger partial charge in [0.15, 0.2) is 0 Å². The van der Waals surface area contributed by atoms with Crippen LogP contribution in [0.5, 0.6) is 0 Å². The van der Waals surface area contributed by atoms with Gasteiger partial charge in [-0.3, -0.25) is 4.79 Å². The number of ether oxygens (including phenoxy) is 1. The topological polar surface area (TPSA) is 41.6 Å². The molecule has 25 heavy (non-hydrogen) atoms. The van der Waals surface area contributed by atoms with E-state index >= 15 is 0 Å². The molecule has 2 atom stereocenters. The number of nitrogens with one attached hydrogen (secondary N) is 1. The maximum Gasteiger partial charge on any atom is 0.230 e. The molecule has 4 nitrogen and oxygen atoms in total. The van der Waals surface area contributed by atoms with Crippen molar-refractivity contribution < 1.29 is 9.53 Å². The van der Waals surface area contributed by atoms with E-state index in [4.69, 9.17) is 4.74 Å². The van der Waals surface area contributed by atoms with Crippen LogP contribution in [0.25, 0.3) is 0 Å². The lowest BCUT2D eigenvalue weighted by atomic mass is 9.67. The molecule has 2 saturated carbocycles. The molecular formula is C20H35ClN2O2. The largest absolute Gasteiger partial charge is 0.378 e. The predicted octanol–water partition coefficient (Wildman–Crippen LogP) is 3.39. The Bertz CT molecular complexity index is 447. The molecule has 4 rings (SSSR count). The predicted molar refractivity (Wildman–Crippen MR) is 102 cm³/mol.